The summed E-state index contributed by atoms with van der Waals surface area (Å²) in [7, 11) is 1.47. The minimum Gasteiger partial charge on any atom is -0.504 e. The molecule has 0 amide bonds. The molecule has 0 fully saturated rings. The maximum Gasteiger partial charge on any atom is 0.185 e. The number of phenolic OH excluding ortho intramolecular Hbond substituents is 1. The first-order valence-electron chi connectivity index (χ1n) is 7.72. The molecule has 0 saturated carbocycles. The molecule has 0 spiro atoms. The predicted molar refractivity (Wildman–Crippen MR) is 99.4 cm³/mol. The van der Waals surface area contributed by atoms with Crippen LogP contribution in [0.5, 0.6) is 11.5 Å². The Morgan fingerprint density at radius 1 is 1.35 bits per heavy atom. The number of aromatic nitrogens is 2. The topological polar surface area (TPSA) is 83.4 Å². The van der Waals surface area contributed by atoms with Gasteiger partial charge in [-0.1, -0.05) is 29.8 Å². The summed E-state index contributed by atoms with van der Waals surface area (Å²) in [4.78, 5) is 8.51. The van der Waals surface area contributed by atoms with Crippen molar-refractivity contribution in [2.24, 2.45) is 4.99 Å². The van der Waals surface area contributed by atoms with Crippen molar-refractivity contribution in [3.8, 4) is 17.6 Å². The predicted octanol–water partition coefficient (Wildman–Crippen LogP) is 3.92. The molecule has 0 aliphatic carbocycles. The average molecular weight is 367 g/mol. The summed E-state index contributed by atoms with van der Waals surface area (Å²) in [5, 5.41) is 19.6. The van der Waals surface area contributed by atoms with Crippen LogP contribution in [0.15, 0.2) is 53.8 Å². The number of benzene rings is 2. The minimum absolute atomic E-state index is 0.0473. The van der Waals surface area contributed by atoms with E-state index >= 15 is 0 Å². The first-order chi connectivity index (χ1) is 12.6. The molecule has 1 heterocycles. The van der Waals surface area contributed by atoms with Gasteiger partial charge >= 0.3 is 0 Å². The van der Waals surface area contributed by atoms with Crippen LogP contribution in [0.2, 0.25) is 5.02 Å². The van der Waals surface area contributed by atoms with E-state index in [1.54, 1.807) is 29.2 Å². The highest BCUT2D eigenvalue weighted by Gasteiger charge is 2.11. The number of imidazole rings is 1. The van der Waals surface area contributed by atoms with Crippen molar-refractivity contribution in [1.82, 2.24) is 9.55 Å². The monoisotopic (exact) mass is 366 g/mol. The summed E-state index contributed by atoms with van der Waals surface area (Å²) < 4.78 is 6.85. The Morgan fingerprint density at radius 3 is 2.88 bits per heavy atom. The smallest absolute Gasteiger partial charge is 0.185 e. The van der Waals surface area contributed by atoms with E-state index in [0.29, 0.717) is 28.7 Å². The number of hydrogen-bond acceptors (Lipinski definition) is 5. The van der Waals surface area contributed by atoms with E-state index in [9.17, 15) is 10.4 Å². The lowest BCUT2D eigenvalue weighted by Crippen LogP contribution is -1.99. The number of nitriles is 1. The first-order valence-corrected chi connectivity index (χ1v) is 8.10. The maximum absolute atomic E-state index is 9.66. The Balaban J connectivity index is 1.93. The zero-order valence-corrected chi connectivity index (χ0v) is 14.7. The molecule has 130 valence electrons. The number of aliphatic imine (C=N–C) groups is 1. The van der Waals surface area contributed by atoms with E-state index in [-0.39, 0.29) is 11.4 Å². The molecule has 1 aromatic heterocycles. The molecule has 0 unspecified atom stereocenters. The SMILES string of the molecule is COc1cc(/C=N/c2c(C#N)ncn2Cc2ccccc2Cl)ccc1O. The van der Waals surface area contributed by atoms with Crippen LogP contribution in [-0.4, -0.2) is 28.0 Å². The number of halogens is 1. The maximum atomic E-state index is 9.66. The van der Waals surface area contributed by atoms with Crippen molar-refractivity contribution in [2.75, 3.05) is 7.11 Å². The molecule has 3 rings (SSSR count). The van der Waals surface area contributed by atoms with Gasteiger partial charge in [0.15, 0.2) is 23.0 Å². The highest BCUT2D eigenvalue weighted by Crippen LogP contribution is 2.26. The van der Waals surface area contributed by atoms with Crippen LogP contribution in [0.1, 0.15) is 16.8 Å². The molecule has 0 aliphatic heterocycles. The van der Waals surface area contributed by atoms with Gasteiger partial charge in [0.25, 0.3) is 0 Å². The van der Waals surface area contributed by atoms with Gasteiger partial charge in [-0.25, -0.2) is 9.98 Å². The molecule has 0 saturated heterocycles. The standard InChI is InChI=1S/C19H15ClN4O2/c1-26-18-8-13(6-7-17(18)25)10-22-19-16(9-21)23-12-24(19)11-14-4-2-3-5-15(14)20/h2-8,10,12,25H,11H2,1H3/b22-10+. The van der Waals surface area contributed by atoms with Gasteiger partial charge in [-0.05, 0) is 35.4 Å². The van der Waals surface area contributed by atoms with Crippen molar-refractivity contribution in [1.29, 1.82) is 5.26 Å². The molecule has 6 nitrogen and oxygen atoms in total. The Hall–Kier alpha value is -3.30. The van der Waals surface area contributed by atoms with Crippen molar-refractivity contribution in [3.05, 3.63) is 70.6 Å². The first kappa shape index (κ1) is 17.5. The number of phenols is 1. The van der Waals surface area contributed by atoms with Crippen LogP contribution in [-0.2, 0) is 6.54 Å². The van der Waals surface area contributed by atoms with Crippen LogP contribution in [0.4, 0.5) is 5.82 Å². The molecule has 0 atom stereocenters. The van der Waals surface area contributed by atoms with Gasteiger partial charge in [0, 0.05) is 11.2 Å². The largest absolute Gasteiger partial charge is 0.504 e. The fraction of sp³-hybridized carbons (Fsp3) is 0.105. The van der Waals surface area contributed by atoms with Gasteiger partial charge in [0.1, 0.15) is 6.07 Å². The quantitative estimate of drug-likeness (QED) is 0.693. The second-order valence-electron chi connectivity index (χ2n) is 5.44. The molecular formula is C19H15ClN4O2. The van der Waals surface area contributed by atoms with E-state index < -0.39 is 0 Å². The number of nitrogens with zero attached hydrogens (tertiary/aromatic N) is 4. The number of rotatable bonds is 5. The second kappa shape index (κ2) is 7.72. The summed E-state index contributed by atoms with van der Waals surface area (Å²) in [6.45, 7) is 0.444. The normalized spacial score (nSPS) is 10.8. The highest BCUT2D eigenvalue weighted by molar-refractivity contribution is 6.31. The number of ether oxygens (including phenoxy) is 1. The van der Waals surface area contributed by atoms with E-state index in [2.05, 4.69) is 9.98 Å². The average Bonchev–Trinajstić information content (AvgIpc) is 3.04. The van der Waals surface area contributed by atoms with E-state index in [0.717, 1.165) is 5.56 Å². The van der Waals surface area contributed by atoms with Crippen molar-refractivity contribution in [3.63, 3.8) is 0 Å². The number of hydrogen-bond donors (Lipinski definition) is 1. The Bertz CT molecular complexity index is 1010. The highest BCUT2D eigenvalue weighted by atomic mass is 35.5. The van der Waals surface area contributed by atoms with Crippen molar-refractivity contribution in [2.45, 2.75) is 6.54 Å². The lowest BCUT2D eigenvalue weighted by molar-refractivity contribution is 0.373. The molecule has 2 aromatic carbocycles. The van der Waals surface area contributed by atoms with Gasteiger partial charge in [0.2, 0.25) is 0 Å². The van der Waals surface area contributed by atoms with Crippen LogP contribution in [0.3, 0.4) is 0 Å². The van der Waals surface area contributed by atoms with Crippen LogP contribution in [0.25, 0.3) is 0 Å². The summed E-state index contributed by atoms with van der Waals surface area (Å²) in [6, 6.07) is 14.4. The zero-order chi connectivity index (χ0) is 18.5. The molecule has 0 bridgehead atoms. The van der Waals surface area contributed by atoms with Gasteiger partial charge in [-0.3, -0.25) is 0 Å². The Kier molecular flexibility index (Phi) is 5.20. The third-order valence-corrected chi connectivity index (χ3v) is 4.12. The van der Waals surface area contributed by atoms with Crippen LogP contribution < -0.4 is 4.74 Å². The minimum atomic E-state index is 0.0473. The summed E-state index contributed by atoms with van der Waals surface area (Å²) in [6.07, 6.45) is 3.15. The van der Waals surface area contributed by atoms with Crippen molar-refractivity contribution < 1.29 is 9.84 Å². The Morgan fingerprint density at radius 2 is 2.15 bits per heavy atom. The molecule has 0 aliphatic rings. The molecular weight excluding hydrogens is 352 g/mol. The second-order valence-corrected chi connectivity index (χ2v) is 5.84. The van der Waals surface area contributed by atoms with Crippen LogP contribution in [0, 0.1) is 11.3 Å². The zero-order valence-electron chi connectivity index (χ0n) is 13.9. The van der Waals surface area contributed by atoms with E-state index in [1.165, 1.54) is 13.2 Å². The van der Waals surface area contributed by atoms with Gasteiger partial charge in [-0.2, -0.15) is 5.26 Å². The lowest BCUT2D eigenvalue weighted by atomic mass is 10.2. The summed E-state index contributed by atoms with van der Waals surface area (Å²) >= 11 is 6.21. The summed E-state index contributed by atoms with van der Waals surface area (Å²) in [5.74, 6) is 0.824. The van der Waals surface area contributed by atoms with Crippen molar-refractivity contribution >= 4 is 23.6 Å². The molecule has 0 radical (unpaired) electrons. The van der Waals surface area contributed by atoms with Gasteiger partial charge in [0.05, 0.1) is 20.0 Å². The van der Waals surface area contributed by atoms with Crippen LogP contribution >= 0.6 is 11.6 Å². The number of aromatic hydroxyl groups is 1. The van der Waals surface area contributed by atoms with Gasteiger partial charge in [-0.15, -0.1) is 0 Å². The Labute approximate surface area is 155 Å². The molecule has 26 heavy (non-hydrogen) atoms. The third kappa shape index (κ3) is 3.68. The van der Waals surface area contributed by atoms with Gasteiger partial charge < -0.3 is 14.4 Å². The lowest BCUT2D eigenvalue weighted by Gasteiger charge is -2.07. The third-order valence-electron chi connectivity index (χ3n) is 3.75. The van der Waals surface area contributed by atoms with E-state index in [1.807, 2.05) is 30.3 Å². The fourth-order valence-electron chi connectivity index (χ4n) is 2.43. The molecule has 3 aromatic rings. The molecule has 1 N–H and O–H groups in total. The number of methoxy groups -OCH3 is 1. The summed E-state index contributed by atoms with van der Waals surface area (Å²) in [5.41, 5.74) is 1.84. The molecule has 7 heteroatoms. The fourth-order valence-corrected chi connectivity index (χ4v) is 2.62. The van der Waals surface area contributed by atoms with E-state index in [4.69, 9.17) is 16.3 Å².